The second-order valence-electron chi connectivity index (χ2n) is 9.05. The number of hydrogen-bond donors (Lipinski definition) is 4. The molecule has 1 heterocycles. The molecule has 5 heteroatoms. The fourth-order valence-corrected chi connectivity index (χ4v) is 5.21. The number of benzene rings is 2. The molecule has 1 aliphatic carbocycles. The van der Waals surface area contributed by atoms with Gasteiger partial charge in [0.1, 0.15) is 30.5 Å². The summed E-state index contributed by atoms with van der Waals surface area (Å²) in [5, 5.41) is 40.7. The molecule has 1 saturated heterocycles. The first kappa shape index (κ1) is 22.4. The summed E-state index contributed by atoms with van der Waals surface area (Å²) in [6.45, 7) is 3.82. The molecule has 0 bridgehead atoms. The molecule has 1 fully saturated rings. The van der Waals surface area contributed by atoms with Crippen molar-refractivity contribution in [1.82, 2.24) is 0 Å². The second kappa shape index (κ2) is 9.39. The van der Waals surface area contributed by atoms with Gasteiger partial charge >= 0.3 is 0 Å². The minimum atomic E-state index is -1.36. The molecular formula is C26H34O5. The van der Waals surface area contributed by atoms with Gasteiger partial charge in [-0.15, -0.1) is 0 Å². The lowest BCUT2D eigenvalue weighted by Crippen LogP contribution is -2.55. The van der Waals surface area contributed by atoms with Crippen LogP contribution in [0.4, 0.5) is 0 Å². The molecule has 168 valence electrons. The van der Waals surface area contributed by atoms with E-state index in [1.807, 2.05) is 6.92 Å². The fourth-order valence-electron chi connectivity index (χ4n) is 5.21. The SMILES string of the molecule is CCCc1ccc(Cc2cc([C@@H]3O[C@H](CO)[C@@H](O)[C@H](O)[C@H]3O)c(C)c3c2CCC3)cc1. The van der Waals surface area contributed by atoms with E-state index < -0.39 is 37.1 Å². The van der Waals surface area contributed by atoms with Crippen LogP contribution in [-0.2, 0) is 30.4 Å². The average Bonchev–Trinajstić information content (AvgIpc) is 3.27. The van der Waals surface area contributed by atoms with Gasteiger partial charge in [-0.25, -0.2) is 0 Å². The molecule has 4 rings (SSSR count). The Morgan fingerprint density at radius 3 is 2.29 bits per heavy atom. The molecular weight excluding hydrogens is 392 g/mol. The van der Waals surface area contributed by atoms with Gasteiger partial charge in [-0.05, 0) is 78.0 Å². The van der Waals surface area contributed by atoms with Crippen LogP contribution < -0.4 is 0 Å². The Labute approximate surface area is 184 Å². The topological polar surface area (TPSA) is 90.2 Å². The Hall–Kier alpha value is -1.76. The molecule has 5 nitrogen and oxygen atoms in total. The van der Waals surface area contributed by atoms with E-state index in [4.69, 9.17) is 4.74 Å². The highest BCUT2D eigenvalue weighted by atomic mass is 16.5. The predicted octanol–water partition coefficient (Wildman–Crippen LogP) is 2.54. The molecule has 31 heavy (non-hydrogen) atoms. The highest BCUT2D eigenvalue weighted by molar-refractivity contribution is 5.50. The Morgan fingerprint density at radius 2 is 1.61 bits per heavy atom. The van der Waals surface area contributed by atoms with E-state index in [0.29, 0.717) is 0 Å². The van der Waals surface area contributed by atoms with Gasteiger partial charge in [0.15, 0.2) is 0 Å². The zero-order chi connectivity index (χ0) is 22.1. The fraction of sp³-hybridized carbons (Fsp3) is 0.538. The lowest BCUT2D eigenvalue weighted by Gasteiger charge is -2.41. The van der Waals surface area contributed by atoms with Crippen LogP contribution >= 0.6 is 0 Å². The maximum atomic E-state index is 10.7. The largest absolute Gasteiger partial charge is 0.394 e. The molecule has 2 aromatic rings. The normalized spacial score (nSPS) is 28.0. The van der Waals surface area contributed by atoms with Gasteiger partial charge in [0.25, 0.3) is 0 Å². The molecule has 0 spiro atoms. The molecule has 0 radical (unpaired) electrons. The van der Waals surface area contributed by atoms with Crippen molar-refractivity contribution in [3.05, 3.63) is 69.3 Å². The maximum absolute atomic E-state index is 10.7. The highest BCUT2D eigenvalue weighted by Gasteiger charge is 2.44. The Morgan fingerprint density at radius 1 is 0.935 bits per heavy atom. The van der Waals surface area contributed by atoms with Crippen LogP contribution in [0.25, 0.3) is 0 Å². The maximum Gasteiger partial charge on any atom is 0.113 e. The summed E-state index contributed by atoms with van der Waals surface area (Å²) in [6.07, 6.45) is 0.536. The smallest absolute Gasteiger partial charge is 0.113 e. The number of fused-ring (bicyclic) bond motifs is 1. The standard InChI is InChI=1S/C26H34O5/c1-3-5-16-8-10-17(11-9-16)12-18-13-21(15(2)19-6-4-7-20(18)19)26-25(30)24(29)23(28)22(14-27)31-26/h8-11,13,22-30H,3-7,12,14H2,1-2H3/t22-,23-,24+,25-,26+/m1/s1. The first-order valence-electron chi connectivity index (χ1n) is 11.5. The van der Waals surface area contributed by atoms with E-state index in [1.54, 1.807) is 0 Å². The van der Waals surface area contributed by atoms with Gasteiger partial charge in [-0.2, -0.15) is 0 Å². The zero-order valence-corrected chi connectivity index (χ0v) is 18.4. The monoisotopic (exact) mass is 426 g/mol. The van der Waals surface area contributed by atoms with Crippen molar-refractivity contribution in [2.24, 2.45) is 0 Å². The number of aliphatic hydroxyl groups excluding tert-OH is 4. The predicted molar refractivity (Wildman–Crippen MR) is 119 cm³/mol. The molecule has 0 unspecified atom stereocenters. The Kier molecular flexibility index (Phi) is 6.80. The van der Waals surface area contributed by atoms with Crippen molar-refractivity contribution in [2.75, 3.05) is 6.61 Å². The van der Waals surface area contributed by atoms with Crippen LogP contribution in [0, 0.1) is 6.92 Å². The molecule has 1 aliphatic heterocycles. The summed E-state index contributed by atoms with van der Waals surface area (Å²) in [7, 11) is 0. The number of aryl methyl sites for hydroxylation is 1. The molecule has 0 aromatic heterocycles. The van der Waals surface area contributed by atoms with Gasteiger partial charge in [-0.3, -0.25) is 0 Å². The third kappa shape index (κ3) is 4.30. The minimum absolute atomic E-state index is 0.414. The summed E-state index contributed by atoms with van der Waals surface area (Å²) >= 11 is 0. The summed E-state index contributed by atoms with van der Waals surface area (Å²) in [4.78, 5) is 0. The van der Waals surface area contributed by atoms with Crippen molar-refractivity contribution >= 4 is 0 Å². The lowest BCUT2D eigenvalue weighted by molar-refractivity contribution is -0.231. The van der Waals surface area contributed by atoms with E-state index in [9.17, 15) is 20.4 Å². The Bertz CT molecular complexity index is 905. The number of aliphatic hydroxyl groups is 4. The van der Waals surface area contributed by atoms with Crippen molar-refractivity contribution < 1.29 is 25.2 Å². The van der Waals surface area contributed by atoms with E-state index in [2.05, 4.69) is 37.3 Å². The highest BCUT2D eigenvalue weighted by Crippen LogP contribution is 2.39. The Balaban J connectivity index is 1.69. The van der Waals surface area contributed by atoms with Gasteiger partial charge in [0.05, 0.1) is 6.61 Å². The zero-order valence-electron chi connectivity index (χ0n) is 18.4. The third-order valence-electron chi connectivity index (χ3n) is 6.98. The summed E-state index contributed by atoms with van der Waals surface area (Å²) in [5.41, 5.74) is 8.46. The molecule has 4 N–H and O–H groups in total. The molecule has 0 amide bonds. The van der Waals surface area contributed by atoms with Crippen LogP contribution in [0.15, 0.2) is 30.3 Å². The van der Waals surface area contributed by atoms with Crippen LogP contribution in [0.2, 0.25) is 0 Å². The number of rotatable bonds is 6. The summed E-state index contributed by atoms with van der Waals surface area (Å²) < 4.78 is 5.90. The minimum Gasteiger partial charge on any atom is -0.394 e. The van der Waals surface area contributed by atoms with Gasteiger partial charge in [-0.1, -0.05) is 43.7 Å². The van der Waals surface area contributed by atoms with Crippen LogP contribution in [0.5, 0.6) is 0 Å². The van der Waals surface area contributed by atoms with Crippen molar-refractivity contribution in [3.8, 4) is 0 Å². The van der Waals surface area contributed by atoms with Gasteiger partial charge in [0, 0.05) is 0 Å². The molecule has 5 atom stereocenters. The van der Waals surface area contributed by atoms with Crippen molar-refractivity contribution in [2.45, 2.75) is 82.9 Å². The first-order valence-corrected chi connectivity index (χ1v) is 11.5. The molecule has 2 aromatic carbocycles. The van der Waals surface area contributed by atoms with Crippen LogP contribution in [0.3, 0.4) is 0 Å². The van der Waals surface area contributed by atoms with Crippen molar-refractivity contribution in [1.29, 1.82) is 0 Å². The molecule has 2 aliphatic rings. The second-order valence-corrected chi connectivity index (χ2v) is 9.05. The summed E-state index contributed by atoms with van der Waals surface area (Å²) in [6, 6.07) is 10.9. The first-order chi connectivity index (χ1) is 14.9. The quantitative estimate of drug-likeness (QED) is 0.570. The van der Waals surface area contributed by atoms with Gasteiger partial charge < -0.3 is 25.2 Å². The lowest BCUT2D eigenvalue weighted by atomic mass is 9.84. The number of hydrogen-bond acceptors (Lipinski definition) is 5. The summed E-state index contributed by atoms with van der Waals surface area (Å²) in [5.74, 6) is 0. The van der Waals surface area contributed by atoms with E-state index in [1.165, 1.54) is 27.8 Å². The van der Waals surface area contributed by atoms with Crippen LogP contribution in [0.1, 0.15) is 64.8 Å². The van der Waals surface area contributed by atoms with Crippen molar-refractivity contribution in [3.63, 3.8) is 0 Å². The van der Waals surface area contributed by atoms with E-state index in [-0.39, 0.29) is 0 Å². The molecule has 0 saturated carbocycles. The van der Waals surface area contributed by atoms with Gasteiger partial charge in [0.2, 0.25) is 0 Å². The van der Waals surface area contributed by atoms with Crippen LogP contribution in [-0.4, -0.2) is 51.4 Å². The third-order valence-corrected chi connectivity index (χ3v) is 6.98. The number of ether oxygens (including phenoxy) is 1. The van der Waals surface area contributed by atoms with E-state index in [0.717, 1.165) is 49.7 Å². The van der Waals surface area contributed by atoms with E-state index >= 15 is 0 Å². The average molecular weight is 427 g/mol.